The molecule has 2 fully saturated rings. The molecule has 1 unspecified atom stereocenters. The molecular weight excluding hydrogens is 294 g/mol. The summed E-state index contributed by atoms with van der Waals surface area (Å²) < 4.78 is 5.76. The zero-order valence-corrected chi connectivity index (χ0v) is 13.0. The van der Waals surface area contributed by atoms with Gasteiger partial charge in [0.1, 0.15) is 5.58 Å². The average molecular weight is 313 g/mol. The number of hydrogen-bond acceptors (Lipinski definition) is 3. The van der Waals surface area contributed by atoms with Gasteiger partial charge in [0.15, 0.2) is 5.76 Å². The number of nitrogens with zero attached hydrogens (tertiary/aromatic N) is 1. The van der Waals surface area contributed by atoms with Crippen molar-refractivity contribution in [2.75, 3.05) is 13.1 Å². The standard InChI is InChI=1S/C18H19NO4/c1-11-3-2-4-12-9-14(23-15(11)12)16(20)19-7-5-18(6-8-19)10-13(18)17(21)22/h2-4,9,13H,5-8,10H2,1H3,(H,21,22). The van der Waals surface area contributed by atoms with Crippen LogP contribution in [0, 0.1) is 18.3 Å². The normalized spacial score (nSPS) is 22.5. The lowest BCUT2D eigenvalue weighted by Crippen LogP contribution is -2.39. The number of carboxylic acid groups (broad SMARTS) is 1. The highest BCUT2D eigenvalue weighted by Crippen LogP contribution is 2.59. The lowest BCUT2D eigenvalue weighted by Gasteiger charge is -2.32. The second-order valence-corrected chi connectivity index (χ2v) is 6.85. The molecule has 4 rings (SSSR count). The Labute approximate surface area is 133 Å². The molecule has 1 aliphatic carbocycles. The first-order valence-corrected chi connectivity index (χ1v) is 8.01. The number of benzene rings is 1. The van der Waals surface area contributed by atoms with E-state index >= 15 is 0 Å². The van der Waals surface area contributed by atoms with E-state index in [2.05, 4.69) is 0 Å². The summed E-state index contributed by atoms with van der Waals surface area (Å²) in [4.78, 5) is 25.5. The van der Waals surface area contributed by atoms with Gasteiger partial charge in [-0.3, -0.25) is 9.59 Å². The van der Waals surface area contributed by atoms with Crippen LogP contribution in [0.1, 0.15) is 35.4 Å². The van der Waals surface area contributed by atoms with Crippen molar-refractivity contribution < 1.29 is 19.1 Å². The third-order valence-electron chi connectivity index (χ3n) is 5.49. The van der Waals surface area contributed by atoms with Crippen molar-refractivity contribution in [3.63, 3.8) is 0 Å². The van der Waals surface area contributed by atoms with Gasteiger partial charge in [0.25, 0.3) is 5.91 Å². The van der Waals surface area contributed by atoms with Crippen LogP contribution < -0.4 is 0 Å². The van der Waals surface area contributed by atoms with E-state index in [0.29, 0.717) is 18.8 Å². The van der Waals surface area contributed by atoms with Crippen LogP contribution in [0.2, 0.25) is 0 Å². The summed E-state index contributed by atoms with van der Waals surface area (Å²) >= 11 is 0. The van der Waals surface area contributed by atoms with Gasteiger partial charge in [-0.05, 0) is 43.2 Å². The second kappa shape index (κ2) is 4.85. The molecule has 2 heterocycles. The number of para-hydroxylation sites is 1. The predicted octanol–water partition coefficient (Wildman–Crippen LogP) is 3.07. The number of aryl methyl sites for hydroxylation is 1. The summed E-state index contributed by atoms with van der Waals surface area (Å²) in [5, 5.41) is 10.1. The summed E-state index contributed by atoms with van der Waals surface area (Å²) in [7, 11) is 0. The van der Waals surface area contributed by atoms with Gasteiger partial charge in [-0.25, -0.2) is 0 Å². The van der Waals surface area contributed by atoms with Crippen molar-refractivity contribution in [1.29, 1.82) is 0 Å². The molecule has 1 aromatic carbocycles. The minimum absolute atomic E-state index is 0.0624. The molecule has 1 N–H and O–H groups in total. The lowest BCUT2D eigenvalue weighted by molar-refractivity contribution is -0.139. The number of rotatable bonds is 2. The maximum absolute atomic E-state index is 12.6. The van der Waals surface area contributed by atoms with Gasteiger partial charge in [-0.1, -0.05) is 18.2 Å². The van der Waals surface area contributed by atoms with Crippen molar-refractivity contribution in [2.45, 2.75) is 26.2 Å². The van der Waals surface area contributed by atoms with Gasteiger partial charge in [0.2, 0.25) is 0 Å². The first-order chi connectivity index (χ1) is 11.0. The summed E-state index contributed by atoms with van der Waals surface area (Å²) in [5.74, 6) is -0.634. The Bertz CT molecular complexity index is 798. The molecule has 1 spiro atoms. The fraction of sp³-hybridized carbons (Fsp3) is 0.444. The van der Waals surface area contributed by atoms with Gasteiger partial charge >= 0.3 is 5.97 Å². The zero-order valence-electron chi connectivity index (χ0n) is 13.0. The van der Waals surface area contributed by atoms with Gasteiger partial charge < -0.3 is 14.4 Å². The number of fused-ring (bicyclic) bond motifs is 1. The number of carboxylic acids is 1. The van der Waals surface area contributed by atoms with Gasteiger partial charge in [-0.15, -0.1) is 0 Å². The van der Waals surface area contributed by atoms with E-state index in [1.807, 2.05) is 25.1 Å². The Morgan fingerprint density at radius 3 is 2.65 bits per heavy atom. The van der Waals surface area contributed by atoms with E-state index in [9.17, 15) is 9.59 Å². The number of carbonyl (C=O) groups is 2. The molecule has 1 aromatic heterocycles. The predicted molar refractivity (Wildman–Crippen MR) is 84.3 cm³/mol. The Hall–Kier alpha value is -2.30. The quantitative estimate of drug-likeness (QED) is 0.925. The molecule has 1 aliphatic heterocycles. The fourth-order valence-corrected chi connectivity index (χ4v) is 3.87. The van der Waals surface area contributed by atoms with E-state index in [-0.39, 0.29) is 17.2 Å². The van der Waals surface area contributed by atoms with Crippen molar-refractivity contribution in [3.8, 4) is 0 Å². The third kappa shape index (κ3) is 2.22. The second-order valence-electron chi connectivity index (χ2n) is 6.85. The maximum Gasteiger partial charge on any atom is 0.307 e. The SMILES string of the molecule is Cc1cccc2cc(C(=O)N3CCC4(CC3)CC4C(=O)O)oc12. The van der Waals surface area contributed by atoms with Crippen LogP contribution in [0.4, 0.5) is 0 Å². The Kier molecular flexibility index (Phi) is 3.01. The molecule has 120 valence electrons. The molecule has 23 heavy (non-hydrogen) atoms. The van der Waals surface area contributed by atoms with Crippen LogP contribution in [-0.2, 0) is 4.79 Å². The van der Waals surface area contributed by atoms with Crippen LogP contribution in [0.25, 0.3) is 11.0 Å². The Morgan fingerprint density at radius 1 is 1.30 bits per heavy atom. The van der Waals surface area contributed by atoms with Gasteiger partial charge in [0.05, 0.1) is 5.92 Å². The molecule has 0 bridgehead atoms. The topological polar surface area (TPSA) is 70.8 Å². The summed E-state index contributed by atoms with van der Waals surface area (Å²) in [6.07, 6.45) is 2.30. The molecule has 2 aromatic rings. The van der Waals surface area contributed by atoms with Crippen LogP contribution in [0.5, 0.6) is 0 Å². The molecule has 0 radical (unpaired) electrons. The largest absolute Gasteiger partial charge is 0.481 e. The highest BCUT2D eigenvalue weighted by molar-refractivity contribution is 5.96. The number of piperidine rings is 1. The summed E-state index contributed by atoms with van der Waals surface area (Å²) in [5.41, 5.74) is 1.71. The highest BCUT2D eigenvalue weighted by atomic mass is 16.4. The third-order valence-corrected chi connectivity index (χ3v) is 5.49. The van der Waals surface area contributed by atoms with E-state index in [1.165, 1.54) is 0 Å². The van der Waals surface area contributed by atoms with Crippen molar-refractivity contribution in [1.82, 2.24) is 4.90 Å². The van der Waals surface area contributed by atoms with E-state index in [1.54, 1.807) is 11.0 Å². The van der Waals surface area contributed by atoms with Crippen LogP contribution >= 0.6 is 0 Å². The van der Waals surface area contributed by atoms with Crippen LogP contribution in [-0.4, -0.2) is 35.0 Å². The first-order valence-electron chi connectivity index (χ1n) is 8.01. The van der Waals surface area contributed by atoms with Gasteiger partial charge in [0, 0.05) is 18.5 Å². The van der Waals surface area contributed by atoms with Gasteiger partial charge in [-0.2, -0.15) is 0 Å². The molecular formula is C18H19NO4. The van der Waals surface area contributed by atoms with E-state index in [0.717, 1.165) is 35.8 Å². The number of hydrogen-bond donors (Lipinski definition) is 1. The van der Waals surface area contributed by atoms with Crippen molar-refractivity contribution in [3.05, 3.63) is 35.6 Å². The Morgan fingerprint density at radius 2 is 2.04 bits per heavy atom. The van der Waals surface area contributed by atoms with E-state index < -0.39 is 5.97 Å². The van der Waals surface area contributed by atoms with Crippen LogP contribution in [0.15, 0.2) is 28.7 Å². The number of likely N-dealkylation sites (tertiary alicyclic amines) is 1. The number of furan rings is 1. The minimum Gasteiger partial charge on any atom is -0.481 e. The molecule has 1 atom stereocenters. The van der Waals surface area contributed by atoms with Crippen LogP contribution in [0.3, 0.4) is 0 Å². The summed E-state index contributed by atoms with van der Waals surface area (Å²) in [6.45, 7) is 3.18. The number of amides is 1. The lowest BCUT2D eigenvalue weighted by atomic mass is 9.90. The molecule has 5 heteroatoms. The Balaban J connectivity index is 1.49. The molecule has 5 nitrogen and oxygen atoms in total. The number of aliphatic carboxylic acids is 1. The van der Waals surface area contributed by atoms with E-state index in [4.69, 9.17) is 9.52 Å². The summed E-state index contributed by atoms with van der Waals surface area (Å²) in [6, 6.07) is 7.65. The molecule has 1 saturated heterocycles. The van der Waals surface area contributed by atoms with Crippen molar-refractivity contribution >= 4 is 22.8 Å². The fourth-order valence-electron chi connectivity index (χ4n) is 3.87. The smallest absolute Gasteiger partial charge is 0.307 e. The molecule has 2 aliphatic rings. The average Bonchev–Trinajstić information content (AvgIpc) is 3.05. The molecule has 1 amide bonds. The highest BCUT2D eigenvalue weighted by Gasteiger charge is 2.59. The maximum atomic E-state index is 12.6. The van der Waals surface area contributed by atoms with Crippen molar-refractivity contribution in [2.24, 2.45) is 11.3 Å². The molecule has 1 saturated carbocycles. The zero-order chi connectivity index (χ0) is 16.2. The number of carbonyl (C=O) groups excluding carboxylic acids is 1. The minimum atomic E-state index is -0.697. The first kappa shape index (κ1) is 14.3. The monoisotopic (exact) mass is 313 g/mol.